The predicted octanol–water partition coefficient (Wildman–Crippen LogP) is -0.597. The van der Waals surface area contributed by atoms with E-state index in [1.165, 1.54) is 0 Å². The molecule has 1 aromatic heterocycles. The lowest BCUT2D eigenvalue weighted by molar-refractivity contribution is -0.750. The Morgan fingerprint density at radius 1 is 1.42 bits per heavy atom. The first-order valence-electron chi connectivity index (χ1n) is 5.44. The third kappa shape index (κ3) is 2.41. The highest BCUT2D eigenvalue weighted by molar-refractivity contribution is 5.90. The molecular weight excluding hydrogens is 254 g/mol. The molecule has 0 bridgehead atoms. The Morgan fingerprint density at radius 2 is 2.26 bits per heavy atom. The Balaban J connectivity index is 1.66. The lowest BCUT2D eigenvalue weighted by Crippen LogP contribution is -2.41. The molecule has 0 unspecified atom stereocenters. The number of ether oxygens (including phenoxy) is 2. The molecule has 0 saturated heterocycles. The summed E-state index contributed by atoms with van der Waals surface area (Å²) >= 11 is 0. The molecule has 98 valence electrons. The summed E-state index contributed by atoms with van der Waals surface area (Å²) < 4.78 is 15.8. The summed E-state index contributed by atoms with van der Waals surface area (Å²) in [4.78, 5) is 11.7. The van der Waals surface area contributed by atoms with Crippen LogP contribution in [0.2, 0.25) is 0 Å². The molecule has 8 heteroatoms. The first kappa shape index (κ1) is 11.3. The number of carbonyl (C=O) groups is 1. The molecule has 0 saturated carbocycles. The third-order valence-corrected chi connectivity index (χ3v) is 2.45. The standard InChI is InChI=1S/C11H9N3O5/c15-10(4-14-5-11(16)19-13-14)12-7-1-2-8-9(3-7)18-6-17-8/h1-3,5H,4,6H2,(H-,12,13,15,16). The minimum atomic E-state index is -0.601. The molecule has 0 radical (unpaired) electrons. The zero-order valence-electron chi connectivity index (χ0n) is 9.66. The van der Waals surface area contributed by atoms with Crippen LogP contribution in [-0.2, 0) is 11.3 Å². The van der Waals surface area contributed by atoms with Crippen molar-refractivity contribution in [1.29, 1.82) is 0 Å². The van der Waals surface area contributed by atoms with Crippen molar-refractivity contribution in [2.24, 2.45) is 0 Å². The van der Waals surface area contributed by atoms with Gasteiger partial charge in [-0.2, -0.15) is 0 Å². The van der Waals surface area contributed by atoms with Crippen molar-refractivity contribution in [3.8, 4) is 17.4 Å². The van der Waals surface area contributed by atoms with E-state index in [0.717, 1.165) is 10.9 Å². The lowest BCUT2D eigenvalue weighted by Gasteiger charge is -2.03. The zero-order chi connectivity index (χ0) is 13.2. The van der Waals surface area contributed by atoms with Crippen LogP contribution < -0.4 is 24.6 Å². The average molecular weight is 263 g/mol. The number of amides is 1. The fraction of sp³-hybridized carbons (Fsp3) is 0.182. The summed E-state index contributed by atoms with van der Waals surface area (Å²) in [5.41, 5.74) is 0.570. The molecule has 0 fully saturated rings. The number of nitrogens with zero attached hydrogens (tertiary/aromatic N) is 2. The number of benzene rings is 1. The molecule has 0 aliphatic carbocycles. The minimum Gasteiger partial charge on any atom is -0.539 e. The number of rotatable bonds is 3. The van der Waals surface area contributed by atoms with Gasteiger partial charge in [0.2, 0.25) is 13.0 Å². The number of fused-ring (bicyclic) bond motifs is 1. The van der Waals surface area contributed by atoms with Gasteiger partial charge in [-0.15, -0.1) is 0 Å². The molecule has 1 aromatic carbocycles. The number of hydrogen-bond acceptors (Lipinski definition) is 6. The molecule has 0 atom stereocenters. The molecule has 2 aromatic rings. The molecule has 19 heavy (non-hydrogen) atoms. The maximum Gasteiger partial charge on any atom is 0.292 e. The van der Waals surface area contributed by atoms with Gasteiger partial charge in [0, 0.05) is 11.8 Å². The molecule has 1 amide bonds. The van der Waals surface area contributed by atoms with Gasteiger partial charge in [-0.1, -0.05) is 4.68 Å². The fourth-order valence-corrected chi connectivity index (χ4v) is 1.66. The van der Waals surface area contributed by atoms with Crippen molar-refractivity contribution in [2.45, 2.75) is 6.54 Å². The lowest BCUT2D eigenvalue weighted by atomic mass is 10.3. The summed E-state index contributed by atoms with van der Waals surface area (Å²) in [6.45, 7) is 0.0635. The molecule has 1 aliphatic heterocycles. The molecule has 0 spiro atoms. The quantitative estimate of drug-likeness (QED) is 0.742. The Bertz CT molecular complexity index is 625. The van der Waals surface area contributed by atoms with Gasteiger partial charge in [-0.05, 0) is 12.1 Å². The van der Waals surface area contributed by atoms with Gasteiger partial charge in [0.1, 0.15) is 5.95 Å². The van der Waals surface area contributed by atoms with Crippen LogP contribution in [0.1, 0.15) is 0 Å². The van der Waals surface area contributed by atoms with E-state index in [1.54, 1.807) is 18.2 Å². The van der Waals surface area contributed by atoms with Crippen LogP contribution >= 0.6 is 0 Å². The second-order valence-electron chi connectivity index (χ2n) is 3.83. The smallest absolute Gasteiger partial charge is 0.292 e. The number of carbonyl (C=O) groups excluding carboxylic acids is 1. The number of nitrogens with one attached hydrogen (secondary N) is 1. The van der Waals surface area contributed by atoms with Gasteiger partial charge in [0.15, 0.2) is 11.5 Å². The topological polar surface area (TPSA) is 101 Å². The maximum atomic E-state index is 11.7. The van der Waals surface area contributed by atoms with E-state index < -0.39 is 5.95 Å². The highest BCUT2D eigenvalue weighted by Gasteiger charge is 2.16. The van der Waals surface area contributed by atoms with Crippen LogP contribution in [0.25, 0.3) is 0 Å². The van der Waals surface area contributed by atoms with Crippen LogP contribution in [0.3, 0.4) is 0 Å². The van der Waals surface area contributed by atoms with E-state index in [4.69, 9.17) is 9.47 Å². The number of anilines is 1. The van der Waals surface area contributed by atoms with Crippen molar-refractivity contribution in [3.05, 3.63) is 24.4 Å². The Kier molecular flexibility index (Phi) is 2.67. The summed E-state index contributed by atoms with van der Waals surface area (Å²) in [7, 11) is 0. The van der Waals surface area contributed by atoms with Crippen molar-refractivity contribution in [1.82, 2.24) is 5.27 Å². The second kappa shape index (κ2) is 4.48. The molecule has 1 aliphatic rings. The van der Waals surface area contributed by atoms with E-state index in [0.29, 0.717) is 17.2 Å². The molecule has 1 N–H and O–H groups in total. The molecule has 8 nitrogen and oxygen atoms in total. The highest BCUT2D eigenvalue weighted by atomic mass is 16.7. The monoisotopic (exact) mass is 263 g/mol. The largest absolute Gasteiger partial charge is 0.539 e. The first-order chi connectivity index (χ1) is 9.20. The van der Waals surface area contributed by atoms with Gasteiger partial charge < -0.3 is 24.4 Å². The van der Waals surface area contributed by atoms with Crippen molar-refractivity contribution in [2.75, 3.05) is 12.1 Å². The number of aromatic nitrogens is 2. The van der Waals surface area contributed by atoms with Crippen LogP contribution in [0.5, 0.6) is 17.4 Å². The summed E-state index contributed by atoms with van der Waals surface area (Å²) in [6.07, 6.45) is 1.10. The maximum absolute atomic E-state index is 11.7. The fourth-order valence-electron chi connectivity index (χ4n) is 1.66. The summed E-state index contributed by atoms with van der Waals surface area (Å²) in [5, 5.41) is 16.8. The van der Waals surface area contributed by atoms with E-state index in [-0.39, 0.29) is 19.2 Å². The average Bonchev–Trinajstić information content (AvgIpc) is 2.97. The third-order valence-electron chi connectivity index (χ3n) is 2.45. The molecule has 3 rings (SSSR count). The second-order valence-corrected chi connectivity index (χ2v) is 3.83. The molecular formula is C11H9N3O5. The minimum absolute atomic E-state index is 0.111. The van der Waals surface area contributed by atoms with E-state index >= 15 is 0 Å². The van der Waals surface area contributed by atoms with Gasteiger partial charge >= 0.3 is 0 Å². The summed E-state index contributed by atoms with van der Waals surface area (Å²) in [6, 6.07) is 5.06. The summed E-state index contributed by atoms with van der Waals surface area (Å²) in [5.74, 6) is 0.279. The normalized spacial score (nSPS) is 12.4. The van der Waals surface area contributed by atoms with E-state index in [9.17, 15) is 9.90 Å². The van der Waals surface area contributed by atoms with E-state index in [2.05, 4.69) is 15.1 Å². The van der Waals surface area contributed by atoms with Crippen LogP contribution in [0, 0.1) is 0 Å². The SMILES string of the molecule is O=C(C[n+]1cc([O-])on1)Nc1ccc2c(c1)OCO2. The van der Waals surface area contributed by atoms with E-state index in [1.807, 2.05) is 0 Å². The highest BCUT2D eigenvalue weighted by Crippen LogP contribution is 2.34. The van der Waals surface area contributed by atoms with Gasteiger partial charge in [0.25, 0.3) is 12.5 Å². The Morgan fingerprint density at radius 3 is 3.05 bits per heavy atom. The Labute approximate surface area is 107 Å². The van der Waals surface area contributed by atoms with Crippen LogP contribution in [0.15, 0.2) is 28.9 Å². The van der Waals surface area contributed by atoms with Crippen LogP contribution in [0.4, 0.5) is 5.69 Å². The van der Waals surface area contributed by atoms with Crippen molar-refractivity contribution >= 4 is 11.6 Å². The van der Waals surface area contributed by atoms with Crippen molar-refractivity contribution in [3.63, 3.8) is 0 Å². The van der Waals surface area contributed by atoms with Gasteiger partial charge in [0.05, 0.1) is 5.27 Å². The first-order valence-corrected chi connectivity index (χ1v) is 5.44. The van der Waals surface area contributed by atoms with Gasteiger partial charge in [-0.3, -0.25) is 4.79 Å². The number of hydrogen-bond donors (Lipinski definition) is 1. The zero-order valence-corrected chi connectivity index (χ0v) is 9.66. The Hall–Kier alpha value is -2.77. The van der Waals surface area contributed by atoms with Crippen molar-refractivity contribution < 1.29 is 28.6 Å². The van der Waals surface area contributed by atoms with Gasteiger partial charge in [-0.25, -0.2) is 0 Å². The predicted molar refractivity (Wildman–Crippen MR) is 57.3 cm³/mol. The van der Waals surface area contributed by atoms with Crippen LogP contribution in [-0.4, -0.2) is 18.0 Å². The molecule has 2 heterocycles.